The van der Waals surface area contributed by atoms with Crippen molar-refractivity contribution in [1.82, 2.24) is 14.8 Å². The van der Waals surface area contributed by atoms with Gasteiger partial charge < -0.3 is 5.73 Å². The van der Waals surface area contributed by atoms with E-state index >= 15 is 0 Å². The van der Waals surface area contributed by atoms with Gasteiger partial charge in [-0.15, -0.1) is 11.3 Å². The summed E-state index contributed by atoms with van der Waals surface area (Å²) in [6.45, 7) is 3.96. The number of nitrogens with two attached hydrogens (primary N) is 1. The Balaban J connectivity index is 2.59. The van der Waals surface area contributed by atoms with Crippen LogP contribution in [0.15, 0.2) is 6.20 Å². The smallest absolute Gasteiger partial charge is 0.114 e. The van der Waals surface area contributed by atoms with Gasteiger partial charge in [0.15, 0.2) is 0 Å². The van der Waals surface area contributed by atoms with E-state index in [1.807, 2.05) is 25.6 Å². The average Bonchev–Trinajstić information content (AvgIpc) is 2.59. The summed E-state index contributed by atoms with van der Waals surface area (Å²) in [5.41, 5.74) is 8.84. The van der Waals surface area contributed by atoms with Crippen molar-refractivity contribution in [3.05, 3.63) is 16.9 Å². The first-order chi connectivity index (χ1) is 6.59. The van der Waals surface area contributed by atoms with Gasteiger partial charge in [-0.05, 0) is 13.8 Å². The first kappa shape index (κ1) is 9.21. The predicted molar refractivity (Wildman–Crippen MR) is 58.2 cm³/mol. The standard InChI is InChI=1S/C9H12N4S/c1-5-7(4-11-13(5)3)8-9(10)14-6(2)12-8/h4H,10H2,1-3H3. The first-order valence-electron chi connectivity index (χ1n) is 4.31. The maximum Gasteiger partial charge on any atom is 0.114 e. The summed E-state index contributed by atoms with van der Waals surface area (Å²) in [6.07, 6.45) is 1.81. The number of hydrogen-bond acceptors (Lipinski definition) is 4. The van der Waals surface area contributed by atoms with Crippen molar-refractivity contribution in [1.29, 1.82) is 0 Å². The van der Waals surface area contributed by atoms with Gasteiger partial charge in [-0.2, -0.15) is 5.10 Å². The number of aryl methyl sites for hydroxylation is 2. The Morgan fingerprint density at radius 2 is 2.14 bits per heavy atom. The second-order valence-electron chi connectivity index (χ2n) is 3.21. The average molecular weight is 208 g/mol. The summed E-state index contributed by atoms with van der Waals surface area (Å²) >= 11 is 1.51. The van der Waals surface area contributed by atoms with Gasteiger partial charge in [0.25, 0.3) is 0 Å². The van der Waals surface area contributed by atoms with Crippen LogP contribution in [0.3, 0.4) is 0 Å². The van der Waals surface area contributed by atoms with E-state index in [9.17, 15) is 0 Å². The third-order valence-electron chi connectivity index (χ3n) is 2.25. The molecule has 0 aliphatic rings. The Kier molecular flexibility index (Phi) is 2.03. The van der Waals surface area contributed by atoms with Gasteiger partial charge in [0.05, 0.1) is 11.2 Å². The van der Waals surface area contributed by atoms with Crippen molar-refractivity contribution in [2.45, 2.75) is 13.8 Å². The maximum absolute atomic E-state index is 5.87. The predicted octanol–water partition coefficient (Wildman–Crippen LogP) is 1.74. The molecule has 0 unspecified atom stereocenters. The summed E-state index contributed by atoms with van der Waals surface area (Å²) in [7, 11) is 1.91. The molecule has 0 spiro atoms. The number of anilines is 1. The van der Waals surface area contributed by atoms with Crippen LogP contribution in [0.1, 0.15) is 10.7 Å². The van der Waals surface area contributed by atoms with E-state index in [2.05, 4.69) is 10.1 Å². The molecule has 2 aromatic rings. The lowest BCUT2D eigenvalue weighted by Crippen LogP contribution is -1.93. The Morgan fingerprint density at radius 1 is 1.43 bits per heavy atom. The number of hydrogen-bond donors (Lipinski definition) is 1. The van der Waals surface area contributed by atoms with Gasteiger partial charge in [-0.25, -0.2) is 4.98 Å². The minimum Gasteiger partial charge on any atom is -0.389 e. The van der Waals surface area contributed by atoms with Crippen LogP contribution in [0.2, 0.25) is 0 Å². The minimum absolute atomic E-state index is 0.763. The molecule has 4 nitrogen and oxygen atoms in total. The van der Waals surface area contributed by atoms with Crippen molar-refractivity contribution < 1.29 is 0 Å². The zero-order valence-electron chi connectivity index (χ0n) is 8.40. The highest BCUT2D eigenvalue weighted by atomic mass is 32.1. The van der Waals surface area contributed by atoms with Gasteiger partial charge in [0, 0.05) is 18.3 Å². The molecule has 74 valence electrons. The van der Waals surface area contributed by atoms with Crippen LogP contribution >= 0.6 is 11.3 Å². The highest BCUT2D eigenvalue weighted by Crippen LogP contribution is 2.31. The monoisotopic (exact) mass is 208 g/mol. The van der Waals surface area contributed by atoms with E-state index in [1.165, 1.54) is 11.3 Å². The molecular weight excluding hydrogens is 196 g/mol. The SMILES string of the molecule is Cc1nc(-c2cnn(C)c2C)c(N)s1. The molecule has 0 aromatic carbocycles. The Labute approximate surface area is 86.4 Å². The van der Waals surface area contributed by atoms with Gasteiger partial charge in [0.1, 0.15) is 10.7 Å². The van der Waals surface area contributed by atoms with Gasteiger partial charge in [-0.1, -0.05) is 0 Å². The molecule has 2 N–H and O–H groups in total. The lowest BCUT2D eigenvalue weighted by Gasteiger charge is -1.97. The van der Waals surface area contributed by atoms with Crippen LogP contribution in [0.5, 0.6) is 0 Å². The quantitative estimate of drug-likeness (QED) is 0.776. The summed E-state index contributed by atoms with van der Waals surface area (Å²) in [4.78, 5) is 4.39. The number of rotatable bonds is 1. The molecule has 0 saturated heterocycles. The van der Waals surface area contributed by atoms with Crippen LogP contribution in [0.4, 0.5) is 5.00 Å². The second kappa shape index (κ2) is 3.09. The fourth-order valence-corrected chi connectivity index (χ4v) is 2.07. The molecule has 14 heavy (non-hydrogen) atoms. The summed E-state index contributed by atoms with van der Waals surface area (Å²) in [6, 6.07) is 0. The first-order valence-corrected chi connectivity index (χ1v) is 5.13. The highest BCUT2D eigenvalue weighted by molar-refractivity contribution is 7.16. The van der Waals surface area contributed by atoms with Crippen LogP contribution in [-0.2, 0) is 7.05 Å². The Morgan fingerprint density at radius 3 is 2.57 bits per heavy atom. The van der Waals surface area contributed by atoms with Crippen molar-refractivity contribution in [2.75, 3.05) is 5.73 Å². The minimum atomic E-state index is 0.763. The lowest BCUT2D eigenvalue weighted by molar-refractivity contribution is 0.740. The van der Waals surface area contributed by atoms with Gasteiger partial charge in [0.2, 0.25) is 0 Å². The summed E-state index contributed by atoms with van der Waals surface area (Å²) < 4.78 is 1.82. The van der Waals surface area contributed by atoms with Crippen molar-refractivity contribution in [3.63, 3.8) is 0 Å². The van der Waals surface area contributed by atoms with Crippen molar-refractivity contribution in [3.8, 4) is 11.3 Å². The molecule has 2 aromatic heterocycles. The van der Waals surface area contributed by atoms with E-state index in [1.54, 1.807) is 6.20 Å². The molecule has 0 aliphatic heterocycles. The number of aromatic nitrogens is 3. The normalized spacial score (nSPS) is 10.8. The number of nitrogen functional groups attached to an aromatic ring is 1. The van der Waals surface area contributed by atoms with Crippen LogP contribution in [0, 0.1) is 13.8 Å². The van der Waals surface area contributed by atoms with Crippen molar-refractivity contribution >= 4 is 16.3 Å². The molecule has 2 rings (SSSR count). The Bertz CT molecular complexity index is 469. The molecule has 5 heteroatoms. The Hall–Kier alpha value is -1.36. The van der Waals surface area contributed by atoms with Crippen LogP contribution in [-0.4, -0.2) is 14.8 Å². The maximum atomic E-state index is 5.87. The van der Waals surface area contributed by atoms with Crippen molar-refractivity contribution in [2.24, 2.45) is 7.05 Å². The van der Waals surface area contributed by atoms with Crippen LogP contribution in [0.25, 0.3) is 11.3 Å². The fraction of sp³-hybridized carbons (Fsp3) is 0.333. The van der Waals surface area contributed by atoms with E-state index in [4.69, 9.17) is 5.73 Å². The van der Waals surface area contributed by atoms with Gasteiger partial charge >= 0.3 is 0 Å². The molecule has 2 heterocycles. The largest absolute Gasteiger partial charge is 0.389 e. The molecule has 0 atom stereocenters. The number of nitrogens with zero attached hydrogens (tertiary/aromatic N) is 3. The molecule has 0 amide bonds. The zero-order valence-corrected chi connectivity index (χ0v) is 9.22. The number of thiazole rings is 1. The summed E-state index contributed by atoms with van der Waals surface area (Å²) in [5, 5.41) is 5.92. The summed E-state index contributed by atoms with van der Waals surface area (Å²) in [5.74, 6) is 0. The molecule has 0 bridgehead atoms. The molecular formula is C9H12N4S. The van der Waals surface area contributed by atoms with Gasteiger partial charge in [-0.3, -0.25) is 4.68 Å². The van der Waals surface area contributed by atoms with Crippen LogP contribution < -0.4 is 5.73 Å². The molecule has 0 radical (unpaired) electrons. The third kappa shape index (κ3) is 1.29. The van der Waals surface area contributed by atoms with E-state index in [0.717, 1.165) is 27.0 Å². The highest BCUT2D eigenvalue weighted by Gasteiger charge is 2.13. The fourth-order valence-electron chi connectivity index (χ4n) is 1.37. The molecule has 0 saturated carbocycles. The van der Waals surface area contributed by atoms with E-state index in [0.29, 0.717) is 0 Å². The zero-order chi connectivity index (χ0) is 10.3. The van der Waals surface area contributed by atoms with E-state index in [-0.39, 0.29) is 0 Å². The topological polar surface area (TPSA) is 56.7 Å². The lowest BCUT2D eigenvalue weighted by atomic mass is 10.2. The molecule has 0 fully saturated rings. The van der Waals surface area contributed by atoms with E-state index < -0.39 is 0 Å². The second-order valence-corrected chi connectivity index (χ2v) is 4.45. The third-order valence-corrected chi connectivity index (χ3v) is 3.05. The molecule has 0 aliphatic carbocycles.